The third-order valence-corrected chi connectivity index (χ3v) is 18.1. The molecule has 0 amide bonds. The Morgan fingerprint density at radius 2 is 0.824 bits per heavy atom. The summed E-state index contributed by atoms with van der Waals surface area (Å²) in [4.78, 5) is 2.48. The minimum absolute atomic E-state index is 0.366. The number of benzene rings is 10. The minimum atomic E-state index is -0.580. The maximum atomic E-state index is 6.88. The average molecular weight is 952 g/mol. The zero-order valence-corrected chi connectivity index (χ0v) is 41.2. The van der Waals surface area contributed by atoms with Crippen LogP contribution in [0.15, 0.2) is 239 Å². The predicted octanol–water partition coefficient (Wildman–Crippen LogP) is 19.1. The van der Waals surface area contributed by atoms with E-state index in [1.54, 1.807) is 5.56 Å². The Labute approximate surface area is 431 Å². The fraction of sp³-hybridized carbons (Fsp3) is 0.155. The molecule has 4 fully saturated rings. The van der Waals surface area contributed by atoms with Crippen LogP contribution in [0, 0.1) is 17.8 Å². The average Bonchev–Trinajstić information content (AvgIpc) is 4.12. The first-order valence-electron chi connectivity index (χ1n) is 26.8. The SMILES string of the molecule is c1ccc(-c2ccc3oc4cccc(N(c5cccc(C6(c7ccccc7)c7ccccc7-c7ccccc76)c5)c5cccc6oc7ccc(-c8ccc(C9%10CC%11CC(CC(C%11)C9)C%10)cc8)cc7c56)c4c3c2)cc1. The first-order valence-corrected chi connectivity index (χ1v) is 26.8. The molecule has 354 valence electrons. The number of nitrogens with zero attached hydrogens (tertiary/aromatic N) is 1. The summed E-state index contributed by atoms with van der Waals surface area (Å²) < 4.78 is 13.7. The van der Waals surface area contributed by atoms with Crippen LogP contribution in [0.2, 0.25) is 0 Å². The number of hydrogen-bond donors (Lipinski definition) is 0. The van der Waals surface area contributed by atoms with E-state index in [9.17, 15) is 0 Å². The minimum Gasteiger partial charge on any atom is -0.456 e. The molecule has 0 radical (unpaired) electrons. The van der Waals surface area contributed by atoms with Gasteiger partial charge >= 0.3 is 0 Å². The second-order valence-corrected chi connectivity index (χ2v) is 22.2. The summed E-state index contributed by atoms with van der Waals surface area (Å²) in [5.74, 6) is 2.75. The molecule has 2 aromatic heterocycles. The standard InChI is InChI=1S/C71H53NO2/c1-3-14-48(15-4-1)50-30-34-64-58(39-50)68-62(24-12-26-66(68)73-64)72(55-19-11-18-54(41-55)71(53-16-5-2-6-17-53)60-22-9-7-20-56(60)57-21-8-10-23-61(57)71)63-25-13-27-67-69(63)59-40-51(31-35-65(59)74-67)49-28-32-52(33-29-49)70-42-45-36-46(43-70)38-47(37-45)44-70/h1-35,39-41,45-47H,36-38,42-44H2. The maximum absolute atomic E-state index is 6.88. The van der Waals surface area contributed by atoms with Crippen LogP contribution < -0.4 is 4.90 Å². The molecule has 0 saturated heterocycles. The number of hydrogen-bond acceptors (Lipinski definition) is 3. The number of rotatable bonds is 8. The van der Waals surface area contributed by atoms with Crippen molar-refractivity contribution in [3.05, 3.63) is 258 Å². The summed E-state index contributed by atoms with van der Waals surface area (Å²) in [6, 6.07) is 85.3. The van der Waals surface area contributed by atoms with Crippen molar-refractivity contribution in [2.45, 2.75) is 49.4 Å². The van der Waals surface area contributed by atoms with E-state index in [0.717, 1.165) is 84.3 Å². The normalized spacial score (nSPS) is 20.1. The molecule has 10 aromatic carbocycles. The van der Waals surface area contributed by atoms with Gasteiger partial charge in [0, 0.05) is 16.5 Å². The highest BCUT2D eigenvalue weighted by Crippen LogP contribution is 2.61. The van der Waals surface area contributed by atoms with Crippen molar-refractivity contribution in [2.75, 3.05) is 4.90 Å². The topological polar surface area (TPSA) is 29.5 Å². The number of furan rings is 2. The van der Waals surface area contributed by atoms with Gasteiger partial charge in [-0.25, -0.2) is 0 Å². The van der Waals surface area contributed by atoms with Crippen molar-refractivity contribution in [3.63, 3.8) is 0 Å². The van der Waals surface area contributed by atoms with E-state index in [1.165, 1.54) is 88.6 Å². The van der Waals surface area contributed by atoms with Crippen LogP contribution in [0.3, 0.4) is 0 Å². The Morgan fingerprint density at radius 3 is 1.39 bits per heavy atom. The zero-order valence-electron chi connectivity index (χ0n) is 41.2. The van der Waals surface area contributed by atoms with Crippen molar-refractivity contribution >= 4 is 60.9 Å². The van der Waals surface area contributed by atoms with Gasteiger partial charge in [0.1, 0.15) is 22.3 Å². The van der Waals surface area contributed by atoms with E-state index in [0.29, 0.717) is 5.41 Å². The monoisotopic (exact) mass is 951 g/mol. The van der Waals surface area contributed by atoms with Crippen molar-refractivity contribution < 1.29 is 8.83 Å². The van der Waals surface area contributed by atoms with E-state index in [2.05, 4.69) is 235 Å². The molecule has 17 rings (SSSR count). The van der Waals surface area contributed by atoms with Crippen LogP contribution >= 0.6 is 0 Å². The van der Waals surface area contributed by atoms with Gasteiger partial charge in [-0.2, -0.15) is 0 Å². The molecular formula is C71H53NO2. The zero-order chi connectivity index (χ0) is 48.5. The van der Waals surface area contributed by atoms with Gasteiger partial charge in [0.25, 0.3) is 0 Å². The largest absolute Gasteiger partial charge is 0.456 e. The molecule has 0 spiro atoms. The summed E-state index contributed by atoms with van der Waals surface area (Å²) in [5, 5.41) is 4.30. The van der Waals surface area contributed by atoms with Crippen LogP contribution in [-0.4, -0.2) is 0 Å². The van der Waals surface area contributed by atoms with E-state index >= 15 is 0 Å². The fourth-order valence-corrected chi connectivity index (χ4v) is 15.5. The lowest BCUT2D eigenvalue weighted by atomic mass is 9.48. The van der Waals surface area contributed by atoms with Gasteiger partial charge in [0.15, 0.2) is 0 Å². The van der Waals surface area contributed by atoms with Crippen LogP contribution in [0.1, 0.15) is 66.3 Å². The Balaban J connectivity index is 0.921. The molecule has 12 aromatic rings. The Morgan fingerprint density at radius 1 is 0.351 bits per heavy atom. The predicted molar refractivity (Wildman–Crippen MR) is 304 cm³/mol. The Kier molecular flexibility index (Phi) is 9.14. The van der Waals surface area contributed by atoms with Crippen LogP contribution in [0.25, 0.3) is 77.3 Å². The molecule has 4 saturated carbocycles. The van der Waals surface area contributed by atoms with Gasteiger partial charge in [-0.1, -0.05) is 170 Å². The summed E-state index contributed by atoms with van der Waals surface area (Å²) in [5.41, 5.74) is 20.2. The van der Waals surface area contributed by atoms with E-state index < -0.39 is 5.41 Å². The molecule has 0 N–H and O–H groups in total. The third-order valence-electron chi connectivity index (χ3n) is 18.1. The van der Waals surface area contributed by atoms with Crippen molar-refractivity contribution in [1.29, 1.82) is 0 Å². The maximum Gasteiger partial charge on any atom is 0.137 e. The molecule has 0 aliphatic heterocycles. The van der Waals surface area contributed by atoms with Crippen LogP contribution in [-0.2, 0) is 10.8 Å². The highest BCUT2D eigenvalue weighted by molar-refractivity contribution is 6.18. The molecule has 0 atom stereocenters. The molecule has 5 aliphatic carbocycles. The van der Waals surface area contributed by atoms with Crippen LogP contribution in [0.5, 0.6) is 0 Å². The fourth-order valence-electron chi connectivity index (χ4n) is 15.5. The van der Waals surface area contributed by atoms with Gasteiger partial charge in [-0.15, -0.1) is 0 Å². The summed E-state index contributed by atoms with van der Waals surface area (Å²) >= 11 is 0. The van der Waals surface area contributed by atoms with E-state index in [1.807, 2.05) is 0 Å². The second-order valence-electron chi connectivity index (χ2n) is 22.2. The second kappa shape index (κ2) is 16.0. The highest BCUT2D eigenvalue weighted by atomic mass is 16.3. The molecule has 0 unspecified atom stereocenters. The molecule has 2 heterocycles. The smallest absolute Gasteiger partial charge is 0.137 e. The third kappa shape index (κ3) is 6.19. The van der Waals surface area contributed by atoms with Crippen molar-refractivity contribution in [3.8, 4) is 33.4 Å². The van der Waals surface area contributed by atoms with Crippen molar-refractivity contribution in [2.24, 2.45) is 17.8 Å². The first kappa shape index (κ1) is 42.1. The van der Waals surface area contributed by atoms with Gasteiger partial charge in [0.2, 0.25) is 0 Å². The molecule has 3 nitrogen and oxygen atoms in total. The lowest BCUT2D eigenvalue weighted by molar-refractivity contribution is -0.00518. The van der Waals surface area contributed by atoms with E-state index in [4.69, 9.17) is 8.83 Å². The summed E-state index contributed by atoms with van der Waals surface area (Å²) in [6.07, 6.45) is 8.50. The number of anilines is 3. The summed E-state index contributed by atoms with van der Waals surface area (Å²) in [7, 11) is 0. The van der Waals surface area contributed by atoms with Gasteiger partial charge in [-0.3, -0.25) is 0 Å². The highest BCUT2D eigenvalue weighted by Gasteiger charge is 2.51. The molecule has 5 aliphatic rings. The lowest BCUT2D eigenvalue weighted by Gasteiger charge is -2.57. The van der Waals surface area contributed by atoms with Gasteiger partial charge in [0.05, 0.1) is 27.6 Å². The lowest BCUT2D eigenvalue weighted by Crippen LogP contribution is -2.48. The molecule has 74 heavy (non-hydrogen) atoms. The van der Waals surface area contributed by atoms with Gasteiger partial charge in [-0.05, 0) is 184 Å². The quantitative estimate of drug-likeness (QED) is 0.152. The Hall–Kier alpha value is -8.40. The molecule has 3 heteroatoms. The summed E-state index contributed by atoms with van der Waals surface area (Å²) in [6.45, 7) is 0. The van der Waals surface area contributed by atoms with Gasteiger partial charge < -0.3 is 13.7 Å². The molecular weight excluding hydrogens is 899 g/mol. The van der Waals surface area contributed by atoms with Crippen LogP contribution in [0.4, 0.5) is 17.1 Å². The molecule has 4 bridgehead atoms. The van der Waals surface area contributed by atoms with E-state index in [-0.39, 0.29) is 0 Å². The Bertz CT molecular complexity index is 4100. The first-order chi connectivity index (χ1) is 36.6. The van der Waals surface area contributed by atoms with Crippen molar-refractivity contribution in [1.82, 2.24) is 0 Å². The number of fused-ring (bicyclic) bond motifs is 9.